The topological polar surface area (TPSA) is 108 Å². The number of amides is 2. The van der Waals surface area contributed by atoms with Crippen LogP contribution in [0, 0.1) is 5.82 Å². The van der Waals surface area contributed by atoms with Gasteiger partial charge in [-0.05, 0) is 36.4 Å². The summed E-state index contributed by atoms with van der Waals surface area (Å²) in [5.74, 6) is -2.08. The van der Waals surface area contributed by atoms with Crippen LogP contribution in [0.25, 0.3) is 0 Å². The number of nitrogens with one attached hydrogen (secondary N) is 2. The number of anilines is 2. The number of carbonyl (C=O) groups is 3. The van der Waals surface area contributed by atoms with E-state index >= 15 is 0 Å². The van der Waals surface area contributed by atoms with Crippen LogP contribution in [0.1, 0.15) is 10.4 Å². The molecule has 0 bridgehead atoms. The zero-order chi connectivity index (χ0) is 21.7. The number of halogens is 1. The van der Waals surface area contributed by atoms with Crippen LogP contribution in [0.4, 0.5) is 15.8 Å². The predicted molar refractivity (Wildman–Crippen MR) is 107 cm³/mol. The lowest BCUT2D eigenvalue weighted by Gasteiger charge is -2.16. The summed E-state index contributed by atoms with van der Waals surface area (Å²) in [6, 6.07) is 11.7. The molecule has 30 heavy (non-hydrogen) atoms. The number of aliphatic hydroxyl groups is 1. The average molecular weight is 413 g/mol. The summed E-state index contributed by atoms with van der Waals surface area (Å²) >= 11 is 0. The number of hydrogen-bond donors (Lipinski definition) is 3. The van der Waals surface area contributed by atoms with Gasteiger partial charge >= 0.3 is 5.97 Å². The summed E-state index contributed by atoms with van der Waals surface area (Å²) in [4.78, 5) is 38.8. The first-order valence-corrected chi connectivity index (χ1v) is 9.09. The first-order valence-electron chi connectivity index (χ1n) is 9.09. The van der Waals surface area contributed by atoms with Crippen molar-refractivity contribution in [1.82, 2.24) is 4.90 Å². The summed E-state index contributed by atoms with van der Waals surface area (Å²) in [5, 5.41) is 14.7. The molecule has 2 aromatic rings. The number of ether oxygens (including phenoxy) is 1. The molecule has 1 aliphatic rings. The van der Waals surface area contributed by atoms with E-state index in [2.05, 4.69) is 10.6 Å². The Balaban J connectivity index is 1.89. The minimum Gasteiger partial charge on any atom is -0.466 e. The number of methoxy groups -OCH3 is 1. The number of benzene rings is 2. The molecular formula is C21H20FN3O5. The van der Waals surface area contributed by atoms with E-state index in [1.165, 1.54) is 36.3 Å². The monoisotopic (exact) mass is 413 g/mol. The summed E-state index contributed by atoms with van der Waals surface area (Å²) in [5.41, 5.74) is 0.999. The van der Waals surface area contributed by atoms with Gasteiger partial charge in [-0.1, -0.05) is 12.1 Å². The molecule has 8 nitrogen and oxygen atoms in total. The van der Waals surface area contributed by atoms with Crippen LogP contribution in [0.5, 0.6) is 0 Å². The van der Waals surface area contributed by atoms with Gasteiger partial charge in [0.05, 0.1) is 37.1 Å². The second kappa shape index (κ2) is 9.19. The van der Waals surface area contributed by atoms with E-state index in [0.717, 1.165) is 0 Å². The van der Waals surface area contributed by atoms with Crippen LogP contribution in [0.2, 0.25) is 0 Å². The molecule has 0 aliphatic carbocycles. The molecule has 0 radical (unpaired) electrons. The van der Waals surface area contributed by atoms with E-state index < -0.39 is 23.6 Å². The molecule has 2 amide bonds. The Bertz CT molecular complexity index is 1000. The summed E-state index contributed by atoms with van der Waals surface area (Å²) in [6.45, 7) is -0.223. The maximum atomic E-state index is 13.1. The van der Waals surface area contributed by atoms with E-state index in [0.29, 0.717) is 11.4 Å². The lowest BCUT2D eigenvalue weighted by Crippen LogP contribution is -2.31. The standard InChI is InChI=1S/C21H20FN3O5/c1-30-21(29)16-12-25(10-11-26)20(28)18(16)24-17-5-3-2-4-15(17)19(27)23-14-8-6-13(22)7-9-14/h2-9,24,26H,10-12H2,1H3,(H,23,27). The van der Waals surface area contributed by atoms with Crippen LogP contribution in [-0.4, -0.2) is 54.6 Å². The first kappa shape index (κ1) is 21.0. The highest BCUT2D eigenvalue weighted by Crippen LogP contribution is 2.25. The highest BCUT2D eigenvalue weighted by molar-refractivity contribution is 6.11. The fourth-order valence-electron chi connectivity index (χ4n) is 3.01. The van der Waals surface area contributed by atoms with Gasteiger partial charge in [0.1, 0.15) is 11.5 Å². The van der Waals surface area contributed by atoms with Gasteiger partial charge in [0.2, 0.25) is 0 Å². The van der Waals surface area contributed by atoms with Gasteiger partial charge in [0.15, 0.2) is 0 Å². The summed E-state index contributed by atoms with van der Waals surface area (Å²) < 4.78 is 17.8. The van der Waals surface area contributed by atoms with Crippen molar-refractivity contribution in [2.75, 3.05) is 37.4 Å². The SMILES string of the molecule is COC(=O)C1=C(Nc2ccccc2C(=O)Nc2ccc(F)cc2)C(=O)N(CCO)C1. The zero-order valence-corrected chi connectivity index (χ0v) is 16.1. The maximum absolute atomic E-state index is 13.1. The third-order valence-corrected chi connectivity index (χ3v) is 4.49. The molecule has 3 N–H and O–H groups in total. The highest BCUT2D eigenvalue weighted by atomic mass is 19.1. The predicted octanol–water partition coefficient (Wildman–Crippen LogP) is 1.75. The Kier molecular flexibility index (Phi) is 6.43. The van der Waals surface area contributed by atoms with Gasteiger partial charge in [0.25, 0.3) is 11.8 Å². The third-order valence-electron chi connectivity index (χ3n) is 4.49. The molecule has 3 rings (SSSR count). The van der Waals surface area contributed by atoms with Gasteiger partial charge in [0, 0.05) is 12.2 Å². The molecule has 0 saturated carbocycles. The molecule has 0 aromatic heterocycles. The fourth-order valence-corrected chi connectivity index (χ4v) is 3.01. The lowest BCUT2D eigenvalue weighted by atomic mass is 10.1. The van der Waals surface area contributed by atoms with Crippen molar-refractivity contribution in [2.24, 2.45) is 0 Å². The molecule has 9 heteroatoms. The van der Waals surface area contributed by atoms with E-state index in [1.54, 1.807) is 24.3 Å². The molecule has 1 aliphatic heterocycles. The van der Waals surface area contributed by atoms with E-state index in [-0.39, 0.29) is 36.5 Å². The molecule has 0 saturated heterocycles. The van der Waals surface area contributed by atoms with Crippen molar-refractivity contribution < 1.29 is 28.6 Å². The Labute approximate surface area is 171 Å². The summed E-state index contributed by atoms with van der Waals surface area (Å²) in [6.07, 6.45) is 0. The number of rotatable bonds is 7. The van der Waals surface area contributed by atoms with Gasteiger partial charge < -0.3 is 25.4 Å². The van der Waals surface area contributed by atoms with Crippen molar-refractivity contribution >= 4 is 29.2 Å². The van der Waals surface area contributed by atoms with Crippen molar-refractivity contribution in [3.8, 4) is 0 Å². The molecule has 1 heterocycles. The van der Waals surface area contributed by atoms with E-state index in [4.69, 9.17) is 9.84 Å². The number of hydrogen-bond acceptors (Lipinski definition) is 6. The van der Waals surface area contributed by atoms with Crippen molar-refractivity contribution in [3.05, 3.63) is 71.2 Å². The second-order valence-electron chi connectivity index (χ2n) is 6.43. The van der Waals surface area contributed by atoms with Crippen LogP contribution in [0.15, 0.2) is 59.8 Å². The van der Waals surface area contributed by atoms with Crippen molar-refractivity contribution in [1.29, 1.82) is 0 Å². The Morgan fingerprint density at radius 1 is 1.17 bits per heavy atom. The molecule has 0 spiro atoms. The fraction of sp³-hybridized carbons (Fsp3) is 0.190. The third kappa shape index (κ3) is 4.47. The lowest BCUT2D eigenvalue weighted by molar-refractivity contribution is -0.136. The van der Waals surface area contributed by atoms with E-state index in [9.17, 15) is 18.8 Å². The number of β-amino-alcohol motifs (C(OH)–C–C–N with tert-alkyl or cyclic N) is 1. The van der Waals surface area contributed by atoms with Crippen LogP contribution in [-0.2, 0) is 14.3 Å². The van der Waals surface area contributed by atoms with Gasteiger partial charge in [-0.15, -0.1) is 0 Å². The van der Waals surface area contributed by atoms with Crippen LogP contribution >= 0.6 is 0 Å². The first-order chi connectivity index (χ1) is 14.4. The maximum Gasteiger partial charge on any atom is 0.337 e. The van der Waals surface area contributed by atoms with Gasteiger partial charge in [-0.3, -0.25) is 9.59 Å². The highest BCUT2D eigenvalue weighted by Gasteiger charge is 2.34. The number of esters is 1. The normalized spacial score (nSPS) is 13.4. The molecule has 0 fully saturated rings. The van der Waals surface area contributed by atoms with Crippen molar-refractivity contribution in [2.45, 2.75) is 0 Å². The zero-order valence-electron chi connectivity index (χ0n) is 16.1. The Morgan fingerprint density at radius 3 is 2.53 bits per heavy atom. The van der Waals surface area contributed by atoms with Gasteiger partial charge in [-0.2, -0.15) is 0 Å². The van der Waals surface area contributed by atoms with Crippen LogP contribution < -0.4 is 10.6 Å². The quantitative estimate of drug-likeness (QED) is 0.597. The number of aliphatic hydroxyl groups excluding tert-OH is 1. The van der Waals surface area contributed by atoms with Crippen LogP contribution in [0.3, 0.4) is 0 Å². The van der Waals surface area contributed by atoms with Gasteiger partial charge in [-0.25, -0.2) is 9.18 Å². The number of nitrogens with zero attached hydrogens (tertiary/aromatic N) is 1. The molecule has 2 aromatic carbocycles. The molecule has 156 valence electrons. The average Bonchev–Trinajstić information content (AvgIpc) is 3.05. The Hall–Kier alpha value is -3.72. The molecular weight excluding hydrogens is 393 g/mol. The second-order valence-corrected chi connectivity index (χ2v) is 6.43. The molecule has 0 unspecified atom stereocenters. The minimum absolute atomic E-state index is 0.0155. The largest absolute Gasteiger partial charge is 0.466 e. The van der Waals surface area contributed by atoms with Crippen molar-refractivity contribution in [3.63, 3.8) is 0 Å². The summed E-state index contributed by atoms with van der Waals surface area (Å²) in [7, 11) is 1.20. The minimum atomic E-state index is -0.681. The Morgan fingerprint density at radius 2 is 1.87 bits per heavy atom. The smallest absolute Gasteiger partial charge is 0.337 e. The number of carbonyl (C=O) groups excluding carboxylic acids is 3. The van der Waals surface area contributed by atoms with E-state index in [1.807, 2.05) is 0 Å². The molecule has 0 atom stereocenters. The number of para-hydroxylation sites is 1.